The molecule has 0 aromatic heterocycles. The van der Waals surface area contributed by atoms with Crippen molar-refractivity contribution in [3.05, 3.63) is 0 Å². The van der Waals surface area contributed by atoms with Gasteiger partial charge in [0.05, 0.1) is 0 Å². The molecule has 19 heavy (non-hydrogen) atoms. The molecule has 1 fully saturated rings. The Morgan fingerprint density at radius 1 is 1.05 bits per heavy atom. The molecule has 2 heteroatoms. The Bertz CT molecular complexity index is 223. The van der Waals surface area contributed by atoms with Crippen LogP contribution in [-0.2, 0) is 0 Å². The van der Waals surface area contributed by atoms with E-state index in [-0.39, 0.29) is 0 Å². The molecule has 0 bridgehead atoms. The third-order valence-electron chi connectivity index (χ3n) is 5.26. The molecule has 1 unspecified atom stereocenters. The first-order valence-electron chi connectivity index (χ1n) is 8.66. The Kier molecular flexibility index (Phi) is 8.01. The number of hydrogen-bond donors (Lipinski definition) is 1. The molecule has 2 nitrogen and oxygen atoms in total. The van der Waals surface area contributed by atoms with Crippen LogP contribution in [0.15, 0.2) is 0 Å². The van der Waals surface area contributed by atoms with Gasteiger partial charge in [-0.25, -0.2) is 0 Å². The topological polar surface area (TPSA) is 15.3 Å². The molecule has 0 aromatic rings. The van der Waals surface area contributed by atoms with Crippen molar-refractivity contribution in [2.24, 2.45) is 5.41 Å². The maximum atomic E-state index is 3.60. The predicted octanol–water partition coefficient (Wildman–Crippen LogP) is 4.06. The fourth-order valence-corrected chi connectivity index (χ4v) is 3.51. The van der Waals surface area contributed by atoms with Gasteiger partial charge in [0.2, 0.25) is 0 Å². The second-order valence-corrected chi connectivity index (χ2v) is 6.37. The summed E-state index contributed by atoms with van der Waals surface area (Å²) in [6, 6.07) is 0.835. The smallest absolute Gasteiger partial charge is 0.00928 e. The summed E-state index contributed by atoms with van der Waals surface area (Å²) < 4.78 is 0. The summed E-state index contributed by atoms with van der Waals surface area (Å²) in [5, 5.41) is 3.60. The second kappa shape index (κ2) is 8.97. The van der Waals surface area contributed by atoms with Crippen LogP contribution in [0.3, 0.4) is 0 Å². The van der Waals surface area contributed by atoms with Crippen molar-refractivity contribution in [1.29, 1.82) is 0 Å². The highest BCUT2D eigenvalue weighted by atomic mass is 15.2. The van der Waals surface area contributed by atoms with Crippen molar-refractivity contribution >= 4 is 0 Å². The summed E-state index contributed by atoms with van der Waals surface area (Å²) in [4.78, 5) is 2.82. The maximum absolute atomic E-state index is 3.60. The van der Waals surface area contributed by atoms with Gasteiger partial charge in [0, 0.05) is 19.1 Å². The molecule has 1 saturated heterocycles. The molecule has 0 aliphatic carbocycles. The van der Waals surface area contributed by atoms with E-state index in [0.717, 1.165) is 12.6 Å². The largest absolute Gasteiger partial charge is 0.316 e. The molecule has 1 rings (SSSR count). The lowest BCUT2D eigenvalue weighted by atomic mass is 9.81. The van der Waals surface area contributed by atoms with Gasteiger partial charge in [0.1, 0.15) is 0 Å². The fourth-order valence-electron chi connectivity index (χ4n) is 3.51. The molecule has 114 valence electrons. The predicted molar refractivity (Wildman–Crippen MR) is 85.7 cm³/mol. The first-order chi connectivity index (χ1) is 9.21. The molecular formula is C17H36N2. The Labute approximate surface area is 121 Å². The fraction of sp³-hybridized carbons (Fsp3) is 1.00. The van der Waals surface area contributed by atoms with Crippen LogP contribution in [0.5, 0.6) is 0 Å². The molecule has 1 heterocycles. The van der Waals surface area contributed by atoms with E-state index >= 15 is 0 Å². The van der Waals surface area contributed by atoms with E-state index in [4.69, 9.17) is 0 Å². The van der Waals surface area contributed by atoms with Crippen LogP contribution in [0.4, 0.5) is 0 Å². The summed E-state index contributed by atoms with van der Waals surface area (Å²) >= 11 is 0. The molecule has 1 aliphatic heterocycles. The summed E-state index contributed by atoms with van der Waals surface area (Å²) in [6.07, 6.45) is 9.61. The van der Waals surface area contributed by atoms with Gasteiger partial charge in [-0.1, -0.05) is 40.5 Å². The Balaban J connectivity index is 2.68. The molecular weight excluding hydrogens is 232 g/mol. The number of likely N-dealkylation sites (tertiary alicyclic amines) is 1. The van der Waals surface area contributed by atoms with E-state index in [0.29, 0.717) is 5.41 Å². The van der Waals surface area contributed by atoms with E-state index < -0.39 is 0 Å². The Morgan fingerprint density at radius 3 is 2.37 bits per heavy atom. The van der Waals surface area contributed by atoms with Gasteiger partial charge >= 0.3 is 0 Å². The zero-order valence-electron chi connectivity index (χ0n) is 13.8. The zero-order valence-corrected chi connectivity index (χ0v) is 13.8. The van der Waals surface area contributed by atoms with E-state index in [9.17, 15) is 0 Å². The van der Waals surface area contributed by atoms with Crippen LogP contribution in [0.25, 0.3) is 0 Å². The van der Waals surface area contributed by atoms with Gasteiger partial charge in [-0.3, -0.25) is 4.90 Å². The van der Waals surface area contributed by atoms with Gasteiger partial charge < -0.3 is 5.32 Å². The van der Waals surface area contributed by atoms with Crippen LogP contribution in [0.2, 0.25) is 0 Å². The number of rotatable bonds is 8. The zero-order chi connectivity index (χ0) is 14.1. The van der Waals surface area contributed by atoms with Crippen molar-refractivity contribution in [2.45, 2.75) is 78.7 Å². The van der Waals surface area contributed by atoms with Crippen LogP contribution in [-0.4, -0.2) is 37.1 Å². The summed E-state index contributed by atoms with van der Waals surface area (Å²) in [6.45, 7) is 14.2. The lowest BCUT2D eigenvalue weighted by Gasteiger charge is -2.40. The van der Waals surface area contributed by atoms with Gasteiger partial charge in [-0.2, -0.15) is 0 Å². The average Bonchev–Trinajstić information content (AvgIpc) is 2.68. The molecule has 1 aliphatic rings. The molecule has 0 amide bonds. The minimum atomic E-state index is 0.480. The lowest BCUT2D eigenvalue weighted by Crippen LogP contribution is -2.47. The molecule has 1 N–H and O–H groups in total. The van der Waals surface area contributed by atoms with Gasteiger partial charge in [0.15, 0.2) is 0 Å². The molecule has 0 saturated carbocycles. The van der Waals surface area contributed by atoms with Crippen LogP contribution < -0.4 is 5.32 Å². The highest BCUT2D eigenvalue weighted by Gasteiger charge is 2.31. The minimum absolute atomic E-state index is 0.480. The van der Waals surface area contributed by atoms with E-state index in [1.165, 1.54) is 64.6 Å². The van der Waals surface area contributed by atoms with Crippen LogP contribution >= 0.6 is 0 Å². The number of nitrogens with zero attached hydrogens (tertiary/aromatic N) is 1. The third-order valence-corrected chi connectivity index (χ3v) is 5.26. The first-order valence-corrected chi connectivity index (χ1v) is 8.66. The van der Waals surface area contributed by atoms with Crippen molar-refractivity contribution in [3.8, 4) is 0 Å². The maximum Gasteiger partial charge on any atom is 0.00928 e. The normalized spacial score (nSPS) is 22.4. The van der Waals surface area contributed by atoms with Gasteiger partial charge in [-0.15, -0.1) is 0 Å². The van der Waals surface area contributed by atoms with Crippen molar-refractivity contribution in [1.82, 2.24) is 10.2 Å². The second-order valence-electron chi connectivity index (χ2n) is 6.37. The van der Waals surface area contributed by atoms with Gasteiger partial charge in [-0.05, 0) is 50.6 Å². The lowest BCUT2D eigenvalue weighted by molar-refractivity contribution is 0.0978. The number of nitrogens with one attached hydrogen (secondary N) is 1. The Morgan fingerprint density at radius 2 is 1.79 bits per heavy atom. The van der Waals surface area contributed by atoms with E-state index in [1.54, 1.807) is 0 Å². The highest BCUT2D eigenvalue weighted by molar-refractivity contribution is 4.86. The van der Waals surface area contributed by atoms with Crippen LogP contribution in [0, 0.1) is 5.41 Å². The third kappa shape index (κ3) is 5.07. The van der Waals surface area contributed by atoms with Crippen molar-refractivity contribution in [3.63, 3.8) is 0 Å². The molecule has 0 radical (unpaired) electrons. The minimum Gasteiger partial charge on any atom is -0.316 e. The van der Waals surface area contributed by atoms with E-state index in [2.05, 4.69) is 37.9 Å². The number of hydrogen-bond acceptors (Lipinski definition) is 2. The molecule has 0 spiro atoms. The van der Waals surface area contributed by atoms with Crippen LogP contribution in [0.1, 0.15) is 72.6 Å². The Hall–Kier alpha value is -0.0800. The highest BCUT2D eigenvalue weighted by Crippen LogP contribution is 2.30. The summed E-state index contributed by atoms with van der Waals surface area (Å²) in [5.41, 5.74) is 0.480. The monoisotopic (exact) mass is 268 g/mol. The van der Waals surface area contributed by atoms with Crippen molar-refractivity contribution in [2.75, 3.05) is 26.2 Å². The van der Waals surface area contributed by atoms with Crippen molar-refractivity contribution < 1.29 is 0 Å². The first kappa shape index (κ1) is 17.0. The summed E-state index contributed by atoms with van der Waals surface area (Å²) in [5.74, 6) is 0. The summed E-state index contributed by atoms with van der Waals surface area (Å²) in [7, 11) is 0. The van der Waals surface area contributed by atoms with E-state index in [1.807, 2.05) is 0 Å². The SMILES string of the molecule is CCNCC(CC)(CC)CN1CCCCCC1CC. The average molecular weight is 268 g/mol. The standard InChI is InChI=1S/C17H36N2/c1-5-16-12-10-9-11-13-19(16)15-17(6-2,7-3)14-18-8-4/h16,18H,5-15H2,1-4H3. The quantitative estimate of drug-likeness (QED) is 0.714. The van der Waals surface area contributed by atoms with Gasteiger partial charge in [0.25, 0.3) is 0 Å². The molecule has 0 aromatic carbocycles. The molecule has 1 atom stereocenters.